The first kappa shape index (κ1) is 17.7. The number of benzene rings is 2. The Balaban J connectivity index is 1.38. The second kappa shape index (κ2) is 7.54. The van der Waals surface area contributed by atoms with Crippen molar-refractivity contribution in [2.45, 2.75) is 25.3 Å². The number of amides is 1. The molecule has 1 saturated heterocycles. The number of tetrazole rings is 1. The highest BCUT2D eigenvalue weighted by Crippen LogP contribution is 2.38. The van der Waals surface area contributed by atoms with Crippen molar-refractivity contribution in [3.63, 3.8) is 0 Å². The van der Waals surface area contributed by atoms with Gasteiger partial charge < -0.3 is 14.4 Å². The fourth-order valence-corrected chi connectivity index (χ4v) is 3.95. The molecular formula is C21H21N5O3. The van der Waals surface area contributed by atoms with Crippen LogP contribution >= 0.6 is 0 Å². The lowest BCUT2D eigenvalue weighted by Gasteiger charge is -2.26. The molecule has 2 aromatic carbocycles. The SMILES string of the molecule is O=C(c1ccc(-n2cnnn2)cc1)N1CCC[C@H]1c1ccc2c(c1)OCCCO2. The van der Waals surface area contributed by atoms with Gasteiger partial charge >= 0.3 is 0 Å². The third-order valence-corrected chi connectivity index (χ3v) is 5.40. The van der Waals surface area contributed by atoms with Gasteiger partial charge in [-0.05, 0) is 65.2 Å². The Morgan fingerprint density at radius 1 is 1.00 bits per heavy atom. The lowest BCUT2D eigenvalue weighted by atomic mass is 10.0. The molecule has 8 nitrogen and oxygen atoms in total. The summed E-state index contributed by atoms with van der Waals surface area (Å²) in [6.07, 6.45) is 4.32. The molecule has 3 aromatic rings. The van der Waals surface area contributed by atoms with Crippen molar-refractivity contribution < 1.29 is 14.3 Å². The first-order valence-corrected chi connectivity index (χ1v) is 9.83. The standard InChI is InChI=1S/C21H21N5O3/c27-21(15-4-7-17(8-5-15)26-14-22-23-24-26)25-10-1-3-18(25)16-6-9-19-20(13-16)29-12-2-11-28-19/h4-9,13-14,18H,1-3,10-12H2/t18-/m0/s1. The van der Waals surface area contributed by atoms with E-state index in [9.17, 15) is 4.79 Å². The van der Waals surface area contributed by atoms with E-state index in [0.717, 1.165) is 48.6 Å². The summed E-state index contributed by atoms with van der Waals surface area (Å²) in [5.41, 5.74) is 2.56. The summed E-state index contributed by atoms with van der Waals surface area (Å²) in [5.74, 6) is 1.58. The number of ether oxygens (including phenoxy) is 2. The monoisotopic (exact) mass is 391 g/mol. The molecule has 1 atom stereocenters. The number of nitrogens with zero attached hydrogens (tertiary/aromatic N) is 5. The predicted molar refractivity (Wildman–Crippen MR) is 104 cm³/mol. The van der Waals surface area contributed by atoms with Crippen molar-refractivity contribution in [2.24, 2.45) is 0 Å². The molecule has 1 amide bonds. The van der Waals surface area contributed by atoms with Crippen LogP contribution in [0.4, 0.5) is 0 Å². The molecule has 0 saturated carbocycles. The van der Waals surface area contributed by atoms with E-state index in [4.69, 9.17) is 9.47 Å². The predicted octanol–water partition coefficient (Wildman–Crippen LogP) is 2.80. The highest BCUT2D eigenvalue weighted by atomic mass is 16.5. The van der Waals surface area contributed by atoms with Crippen LogP contribution in [0.25, 0.3) is 5.69 Å². The van der Waals surface area contributed by atoms with Crippen molar-refractivity contribution in [1.82, 2.24) is 25.1 Å². The maximum Gasteiger partial charge on any atom is 0.254 e. The molecule has 0 N–H and O–H groups in total. The van der Waals surface area contributed by atoms with Gasteiger partial charge in [-0.2, -0.15) is 0 Å². The third kappa shape index (κ3) is 3.41. The first-order valence-electron chi connectivity index (χ1n) is 9.83. The average molecular weight is 391 g/mol. The second-order valence-corrected chi connectivity index (χ2v) is 7.21. The van der Waals surface area contributed by atoms with E-state index in [1.54, 1.807) is 4.68 Å². The highest BCUT2D eigenvalue weighted by Gasteiger charge is 2.31. The van der Waals surface area contributed by atoms with E-state index < -0.39 is 0 Å². The molecule has 0 spiro atoms. The number of carbonyl (C=O) groups excluding carboxylic acids is 1. The molecule has 148 valence electrons. The summed E-state index contributed by atoms with van der Waals surface area (Å²) in [7, 11) is 0. The zero-order chi connectivity index (χ0) is 19.6. The van der Waals surface area contributed by atoms with E-state index >= 15 is 0 Å². The Morgan fingerprint density at radius 3 is 2.62 bits per heavy atom. The molecule has 0 aliphatic carbocycles. The van der Waals surface area contributed by atoms with Gasteiger partial charge in [0.05, 0.1) is 24.9 Å². The summed E-state index contributed by atoms with van der Waals surface area (Å²) in [6.45, 7) is 2.06. The van der Waals surface area contributed by atoms with Gasteiger partial charge in [0, 0.05) is 18.5 Å². The van der Waals surface area contributed by atoms with Crippen LogP contribution in [0.3, 0.4) is 0 Å². The zero-order valence-electron chi connectivity index (χ0n) is 15.9. The normalized spacial score (nSPS) is 18.5. The van der Waals surface area contributed by atoms with E-state index in [0.29, 0.717) is 18.8 Å². The van der Waals surface area contributed by atoms with Crippen molar-refractivity contribution in [3.05, 3.63) is 59.9 Å². The number of likely N-dealkylation sites (tertiary alicyclic amines) is 1. The van der Waals surface area contributed by atoms with Crippen LogP contribution in [0.5, 0.6) is 11.5 Å². The summed E-state index contributed by atoms with van der Waals surface area (Å²) >= 11 is 0. The molecule has 1 fully saturated rings. The summed E-state index contributed by atoms with van der Waals surface area (Å²) in [5, 5.41) is 11.1. The Morgan fingerprint density at radius 2 is 1.83 bits per heavy atom. The smallest absolute Gasteiger partial charge is 0.254 e. The number of fused-ring (bicyclic) bond motifs is 1. The summed E-state index contributed by atoms with van der Waals surface area (Å²) < 4.78 is 13.1. The minimum Gasteiger partial charge on any atom is -0.490 e. The molecule has 2 aliphatic heterocycles. The van der Waals surface area contributed by atoms with Gasteiger partial charge in [0.15, 0.2) is 11.5 Å². The van der Waals surface area contributed by atoms with Crippen LogP contribution in [-0.4, -0.2) is 50.8 Å². The summed E-state index contributed by atoms with van der Waals surface area (Å²) in [4.78, 5) is 15.1. The third-order valence-electron chi connectivity index (χ3n) is 5.40. The Bertz CT molecular complexity index is 1000. The van der Waals surface area contributed by atoms with E-state index in [1.165, 1.54) is 6.33 Å². The molecule has 8 heteroatoms. The van der Waals surface area contributed by atoms with Crippen molar-refractivity contribution >= 4 is 5.91 Å². The molecule has 0 bridgehead atoms. The molecule has 2 aliphatic rings. The maximum atomic E-state index is 13.2. The molecule has 0 unspecified atom stereocenters. The molecule has 29 heavy (non-hydrogen) atoms. The van der Waals surface area contributed by atoms with Gasteiger partial charge in [0.2, 0.25) is 0 Å². The van der Waals surface area contributed by atoms with Gasteiger partial charge in [-0.15, -0.1) is 5.10 Å². The van der Waals surface area contributed by atoms with Crippen LogP contribution in [0.1, 0.15) is 41.2 Å². The molecule has 1 aromatic heterocycles. The van der Waals surface area contributed by atoms with Gasteiger partial charge in [-0.1, -0.05) is 6.07 Å². The molecule has 3 heterocycles. The molecule has 5 rings (SSSR count). The van der Waals surface area contributed by atoms with E-state index in [2.05, 4.69) is 15.5 Å². The first-order chi connectivity index (χ1) is 14.3. The number of aromatic nitrogens is 4. The fraction of sp³-hybridized carbons (Fsp3) is 0.333. The molecule has 0 radical (unpaired) electrons. The number of hydrogen-bond donors (Lipinski definition) is 0. The quantitative estimate of drug-likeness (QED) is 0.683. The zero-order valence-corrected chi connectivity index (χ0v) is 15.9. The van der Waals surface area contributed by atoms with Gasteiger partial charge in [0.1, 0.15) is 6.33 Å². The van der Waals surface area contributed by atoms with Crippen LogP contribution in [0.2, 0.25) is 0 Å². The molecular weight excluding hydrogens is 370 g/mol. The average Bonchev–Trinajstić information content (AvgIpc) is 3.42. The minimum absolute atomic E-state index is 0.0304. The highest BCUT2D eigenvalue weighted by molar-refractivity contribution is 5.94. The number of rotatable bonds is 3. The van der Waals surface area contributed by atoms with Crippen molar-refractivity contribution in [2.75, 3.05) is 19.8 Å². The van der Waals surface area contributed by atoms with Gasteiger partial charge in [-0.3, -0.25) is 4.79 Å². The van der Waals surface area contributed by atoms with Crippen LogP contribution in [0, 0.1) is 0 Å². The van der Waals surface area contributed by atoms with Crippen LogP contribution in [-0.2, 0) is 0 Å². The topological polar surface area (TPSA) is 82.4 Å². The van der Waals surface area contributed by atoms with Crippen molar-refractivity contribution in [1.29, 1.82) is 0 Å². The number of hydrogen-bond acceptors (Lipinski definition) is 6. The van der Waals surface area contributed by atoms with Crippen LogP contribution < -0.4 is 9.47 Å². The Labute approximate surface area is 168 Å². The second-order valence-electron chi connectivity index (χ2n) is 7.21. The van der Waals surface area contributed by atoms with Crippen LogP contribution in [0.15, 0.2) is 48.8 Å². The van der Waals surface area contributed by atoms with Gasteiger partial charge in [-0.25, -0.2) is 4.68 Å². The van der Waals surface area contributed by atoms with Gasteiger partial charge in [0.25, 0.3) is 5.91 Å². The van der Waals surface area contributed by atoms with E-state index in [1.807, 2.05) is 47.4 Å². The Kier molecular flexibility index (Phi) is 4.59. The maximum absolute atomic E-state index is 13.2. The summed E-state index contributed by atoms with van der Waals surface area (Å²) in [6, 6.07) is 13.4. The minimum atomic E-state index is 0.0304. The lowest BCUT2D eigenvalue weighted by Crippen LogP contribution is -2.30. The van der Waals surface area contributed by atoms with Crippen molar-refractivity contribution in [3.8, 4) is 17.2 Å². The lowest BCUT2D eigenvalue weighted by molar-refractivity contribution is 0.0735. The Hall–Kier alpha value is -3.42. The largest absolute Gasteiger partial charge is 0.490 e. The number of carbonyl (C=O) groups is 1. The van der Waals surface area contributed by atoms with E-state index in [-0.39, 0.29) is 11.9 Å². The fourth-order valence-electron chi connectivity index (χ4n) is 3.95.